The van der Waals surface area contributed by atoms with E-state index >= 15 is 0 Å². The fourth-order valence-electron chi connectivity index (χ4n) is 4.27. The van der Waals surface area contributed by atoms with Crippen molar-refractivity contribution in [2.45, 2.75) is 25.9 Å². The first kappa shape index (κ1) is 24.0. The number of hydrogen-bond acceptors (Lipinski definition) is 9. The molecule has 4 heterocycles. The van der Waals surface area contributed by atoms with Crippen molar-refractivity contribution in [1.29, 1.82) is 0 Å². The molecule has 9 nitrogen and oxygen atoms in total. The number of anilines is 2. The lowest BCUT2D eigenvalue weighted by atomic mass is 10.1. The maximum atomic E-state index is 10.4. The molecule has 3 aromatic rings. The van der Waals surface area contributed by atoms with E-state index in [0.717, 1.165) is 43.1 Å². The highest BCUT2D eigenvalue weighted by Gasteiger charge is 2.14. The van der Waals surface area contributed by atoms with Crippen molar-refractivity contribution in [2.24, 2.45) is 0 Å². The summed E-state index contributed by atoms with van der Waals surface area (Å²) in [6.07, 6.45) is 10.3. The standard InChI is InChI=1S/C27H31N5O4/c33-23-18-29-27-30-22-6-7-24(35-15-12-32-10-2-3-11-32)21(16-22)19-34-13-4-1-5-14-36-25-17-20(8-9-28-25)26(23)31-27/h1,4,6-9,16-18,33H,2-3,5,10-15,19H2,(H,29,30,31)/b4-1+. The van der Waals surface area contributed by atoms with E-state index < -0.39 is 0 Å². The number of rotatable bonds is 4. The third-order valence-corrected chi connectivity index (χ3v) is 6.13. The van der Waals surface area contributed by atoms with Gasteiger partial charge in [0, 0.05) is 35.6 Å². The monoisotopic (exact) mass is 489 g/mol. The zero-order valence-corrected chi connectivity index (χ0v) is 20.2. The number of aromatic nitrogens is 3. The lowest BCUT2D eigenvalue weighted by Gasteiger charge is -2.17. The van der Waals surface area contributed by atoms with Crippen LogP contribution < -0.4 is 14.8 Å². The van der Waals surface area contributed by atoms with Gasteiger partial charge >= 0.3 is 0 Å². The van der Waals surface area contributed by atoms with Gasteiger partial charge in [0.05, 0.1) is 26.0 Å². The fraction of sp³-hybridized carbons (Fsp3) is 0.370. The van der Waals surface area contributed by atoms with Gasteiger partial charge in [0.1, 0.15) is 18.1 Å². The summed E-state index contributed by atoms with van der Waals surface area (Å²) in [5, 5.41) is 13.7. The van der Waals surface area contributed by atoms with Crippen LogP contribution in [0, 0.1) is 0 Å². The zero-order valence-electron chi connectivity index (χ0n) is 20.2. The minimum atomic E-state index is -0.0223. The van der Waals surface area contributed by atoms with E-state index in [4.69, 9.17) is 14.2 Å². The van der Waals surface area contributed by atoms with E-state index in [-0.39, 0.29) is 5.75 Å². The molecule has 36 heavy (non-hydrogen) atoms. The Morgan fingerprint density at radius 2 is 2.00 bits per heavy atom. The van der Waals surface area contributed by atoms with Crippen molar-refractivity contribution in [1.82, 2.24) is 19.9 Å². The molecule has 1 aromatic carbocycles. The van der Waals surface area contributed by atoms with Crippen molar-refractivity contribution >= 4 is 11.6 Å². The Balaban J connectivity index is 1.39. The van der Waals surface area contributed by atoms with Crippen molar-refractivity contribution in [3.05, 3.63) is 60.4 Å². The summed E-state index contributed by atoms with van der Waals surface area (Å²) in [6, 6.07) is 9.41. The molecule has 0 aliphatic carbocycles. The molecule has 0 radical (unpaired) electrons. The summed E-state index contributed by atoms with van der Waals surface area (Å²) >= 11 is 0. The summed E-state index contributed by atoms with van der Waals surface area (Å²) < 4.78 is 17.8. The lowest BCUT2D eigenvalue weighted by Crippen LogP contribution is -2.25. The van der Waals surface area contributed by atoms with Crippen LogP contribution in [0.25, 0.3) is 11.3 Å². The van der Waals surface area contributed by atoms with Crippen LogP contribution in [0.15, 0.2) is 54.9 Å². The molecular formula is C27H31N5O4. The Morgan fingerprint density at radius 1 is 1.08 bits per heavy atom. The second-order valence-corrected chi connectivity index (χ2v) is 8.78. The van der Waals surface area contributed by atoms with Crippen molar-refractivity contribution in [3.8, 4) is 28.6 Å². The molecule has 0 unspecified atom stereocenters. The van der Waals surface area contributed by atoms with Gasteiger partial charge in [0.2, 0.25) is 11.8 Å². The van der Waals surface area contributed by atoms with Crippen LogP contribution in [0.2, 0.25) is 0 Å². The third-order valence-electron chi connectivity index (χ3n) is 6.13. The van der Waals surface area contributed by atoms with E-state index in [1.54, 1.807) is 18.3 Å². The van der Waals surface area contributed by atoms with Gasteiger partial charge in [-0.2, -0.15) is 0 Å². The van der Waals surface area contributed by atoms with Crippen molar-refractivity contribution in [3.63, 3.8) is 0 Å². The maximum absolute atomic E-state index is 10.4. The van der Waals surface area contributed by atoms with E-state index in [2.05, 4.69) is 25.2 Å². The van der Waals surface area contributed by atoms with Crippen LogP contribution >= 0.6 is 0 Å². The predicted molar refractivity (Wildman–Crippen MR) is 137 cm³/mol. The molecular weight excluding hydrogens is 458 g/mol. The van der Waals surface area contributed by atoms with Crippen LogP contribution in [0.1, 0.15) is 24.8 Å². The number of nitrogens with one attached hydrogen (secondary N) is 1. The van der Waals surface area contributed by atoms with Crippen LogP contribution in [0.4, 0.5) is 11.6 Å². The Labute approximate surface area is 210 Å². The second-order valence-electron chi connectivity index (χ2n) is 8.78. The first-order chi connectivity index (χ1) is 17.7. The molecule has 0 saturated carbocycles. The van der Waals surface area contributed by atoms with E-state index in [9.17, 15) is 5.11 Å². The molecule has 2 aliphatic rings. The van der Waals surface area contributed by atoms with Gasteiger partial charge in [-0.3, -0.25) is 4.90 Å². The summed E-state index contributed by atoms with van der Waals surface area (Å²) in [7, 11) is 0. The Morgan fingerprint density at radius 3 is 2.92 bits per heavy atom. The van der Waals surface area contributed by atoms with E-state index in [1.807, 2.05) is 30.4 Å². The topological polar surface area (TPSA) is 102 Å². The molecule has 5 rings (SSSR count). The molecule has 6 bridgehead atoms. The number of benzene rings is 1. The molecule has 1 fully saturated rings. The first-order valence-corrected chi connectivity index (χ1v) is 12.4. The molecule has 0 amide bonds. The molecule has 0 atom stereocenters. The fourth-order valence-corrected chi connectivity index (χ4v) is 4.27. The van der Waals surface area contributed by atoms with E-state index in [0.29, 0.717) is 49.5 Å². The van der Waals surface area contributed by atoms with Crippen LogP contribution in [0.3, 0.4) is 0 Å². The molecule has 2 N–H and O–H groups in total. The van der Waals surface area contributed by atoms with Crippen LogP contribution in [0.5, 0.6) is 17.4 Å². The van der Waals surface area contributed by atoms with Crippen LogP contribution in [-0.2, 0) is 11.3 Å². The molecule has 2 aliphatic heterocycles. The Hall–Kier alpha value is -3.69. The summed E-state index contributed by atoms with van der Waals surface area (Å²) in [6.45, 7) is 5.23. The van der Waals surface area contributed by atoms with Gasteiger partial charge in [-0.15, -0.1) is 0 Å². The molecule has 1 saturated heterocycles. The van der Waals surface area contributed by atoms with Crippen molar-refractivity contribution in [2.75, 3.05) is 44.8 Å². The predicted octanol–water partition coefficient (Wildman–Crippen LogP) is 4.32. The largest absolute Gasteiger partial charge is 0.504 e. The van der Waals surface area contributed by atoms with Gasteiger partial charge in [-0.1, -0.05) is 12.2 Å². The normalized spacial score (nSPS) is 17.3. The summed E-state index contributed by atoms with van der Waals surface area (Å²) in [5.74, 6) is 1.62. The SMILES string of the molecule is Oc1cnc2nc1-c1ccnc(c1)OCC/C=C/COCc1cc(ccc1OCCN1CCCC1)N2. The van der Waals surface area contributed by atoms with E-state index in [1.165, 1.54) is 19.0 Å². The van der Waals surface area contributed by atoms with Gasteiger partial charge in [-0.05, 0) is 56.6 Å². The summed E-state index contributed by atoms with van der Waals surface area (Å²) in [4.78, 5) is 15.5. The first-order valence-electron chi connectivity index (χ1n) is 12.4. The quantitative estimate of drug-likeness (QED) is 0.519. The highest BCUT2D eigenvalue weighted by Crippen LogP contribution is 2.30. The molecule has 9 heteroatoms. The highest BCUT2D eigenvalue weighted by atomic mass is 16.5. The molecule has 2 aromatic heterocycles. The van der Waals surface area contributed by atoms with Gasteiger partial charge in [0.25, 0.3) is 0 Å². The highest BCUT2D eigenvalue weighted by molar-refractivity contribution is 5.68. The van der Waals surface area contributed by atoms with Gasteiger partial charge in [-0.25, -0.2) is 15.0 Å². The number of likely N-dealkylation sites (tertiary alicyclic amines) is 1. The van der Waals surface area contributed by atoms with Gasteiger partial charge < -0.3 is 24.6 Å². The maximum Gasteiger partial charge on any atom is 0.227 e. The van der Waals surface area contributed by atoms with Gasteiger partial charge in [0.15, 0.2) is 5.75 Å². The molecule has 0 spiro atoms. The molecule has 188 valence electrons. The number of nitrogens with zero attached hydrogens (tertiary/aromatic N) is 4. The van der Waals surface area contributed by atoms with Crippen LogP contribution in [-0.4, -0.2) is 64.4 Å². The number of ether oxygens (including phenoxy) is 3. The Kier molecular flexibility index (Phi) is 7.89. The average molecular weight is 490 g/mol. The summed E-state index contributed by atoms with van der Waals surface area (Å²) in [5.41, 5.74) is 2.83. The number of fused-ring (bicyclic) bond motifs is 7. The Bertz CT molecular complexity index is 1200. The second kappa shape index (κ2) is 11.8. The number of aromatic hydroxyl groups is 1. The average Bonchev–Trinajstić information content (AvgIpc) is 3.41. The number of pyridine rings is 1. The zero-order chi connectivity index (χ0) is 24.6. The smallest absolute Gasteiger partial charge is 0.227 e. The lowest BCUT2D eigenvalue weighted by molar-refractivity contribution is 0.144. The number of hydrogen-bond donors (Lipinski definition) is 2. The third kappa shape index (κ3) is 6.30. The van der Waals surface area contributed by atoms with Crippen molar-refractivity contribution < 1.29 is 19.3 Å². The minimum Gasteiger partial charge on any atom is -0.504 e. The minimum absolute atomic E-state index is 0.0223.